The second-order valence-corrected chi connectivity index (χ2v) is 4.73. The maximum absolute atomic E-state index is 6.02. The summed E-state index contributed by atoms with van der Waals surface area (Å²) >= 11 is 6.02. The van der Waals surface area contributed by atoms with Crippen molar-refractivity contribution in [1.29, 1.82) is 0 Å². The van der Waals surface area contributed by atoms with Crippen molar-refractivity contribution in [1.82, 2.24) is 5.32 Å². The minimum absolute atomic E-state index is 0.254. The monoisotopic (exact) mass is 253 g/mol. The minimum Gasteiger partial charge on any atom is -0.376 e. The molecule has 0 fully saturated rings. The van der Waals surface area contributed by atoms with Crippen molar-refractivity contribution in [2.24, 2.45) is 4.99 Å². The van der Waals surface area contributed by atoms with Gasteiger partial charge in [-0.3, -0.25) is 4.99 Å². The van der Waals surface area contributed by atoms with Gasteiger partial charge in [0.2, 0.25) is 0 Å². The molecule has 1 aromatic carbocycles. The molecule has 1 unspecified atom stereocenters. The molecule has 0 heterocycles. The van der Waals surface area contributed by atoms with Crippen LogP contribution < -0.4 is 10.2 Å². The van der Waals surface area contributed by atoms with Crippen molar-refractivity contribution in [3.05, 3.63) is 23.2 Å². The summed E-state index contributed by atoms with van der Waals surface area (Å²) in [7, 11) is 5.92. The number of nitrogens with one attached hydrogen (secondary N) is 1. The van der Waals surface area contributed by atoms with Crippen LogP contribution in [0.15, 0.2) is 23.2 Å². The number of hydrogen-bond acceptors (Lipinski definition) is 3. The van der Waals surface area contributed by atoms with Crippen LogP contribution in [0.2, 0.25) is 5.02 Å². The van der Waals surface area contributed by atoms with Gasteiger partial charge in [0.1, 0.15) is 0 Å². The molecule has 0 aliphatic rings. The summed E-state index contributed by atoms with van der Waals surface area (Å²) in [4.78, 5) is 6.67. The molecule has 0 saturated heterocycles. The number of aliphatic imine (C=N–C) groups is 1. The predicted octanol–water partition coefficient (Wildman–Crippen LogP) is 3.11. The largest absolute Gasteiger partial charge is 0.376 e. The molecule has 1 rings (SSSR count). The lowest BCUT2D eigenvalue weighted by atomic mass is 10.2. The Kier molecular flexibility index (Phi) is 4.97. The lowest BCUT2D eigenvalue weighted by molar-refractivity contribution is 0.759. The van der Waals surface area contributed by atoms with E-state index in [1.807, 2.05) is 51.2 Å². The zero-order valence-electron chi connectivity index (χ0n) is 11.1. The maximum atomic E-state index is 6.02. The molecule has 3 nitrogen and oxygen atoms in total. The van der Waals surface area contributed by atoms with Crippen molar-refractivity contribution in [3.63, 3.8) is 0 Å². The first-order valence-electron chi connectivity index (χ1n) is 5.65. The van der Waals surface area contributed by atoms with Crippen LogP contribution in [0.25, 0.3) is 0 Å². The Morgan fingerprint density at radius 2 is 2.06 bits per heavy atom. The molecule has 0 aromatic heterocycles. The Hall–Kier alpha value is -1.06. The van der Waals surface area contributed by atoms with E-state index in [1.165, 1.54) is 0 Å². The van der Waals surface area contributed by atoms with Crippen LogP contribution in [0.1, 0.15) is 13.8 Å². The van der Waals surface area contributed by atoms with Crippen molar-refractivity contribution in [2.45, 2.75) is 19.9 Å². The number of rotatable bonds is 4. The number of halogens is 1. The minimum atomic E-state index is 0.254. The topological polar surface area (TPSA) is 27.6 Å². The molecular weight excluding hydrogens is 234 g/mol. The lowest BCUT2D eigenvalue weighted by Crippen LogP contribution is -2.28. The molecule has 0 aliphatic carbocycles. The van der Waals surface area contributed by atoms with E-state index in [4.69, 9.17) is 11.6 Å². The standard InChI is InChI=1S/C13H20ClN3/c1-9(15-3)10(2)16-12-8-11(14)6-7-13(12)17(4)5/h6-9,15H,1-5H3. The normalized spacial score (nSPS) is 13.6. The fourth-order valence-corrected chi connectivity index (χ4v) is 1.63. The highest BCUT2D eigenvalue weighted by Gasteiger charge is 2.07. The summed E-state index contributed by atoms with van der Waals surface area (Å²) in [6, 6.07) is 6.01. The summed E-state index contributed by atoms with van der Waals surface area (Å²) in [5, 5.41) is 3.88. The number of hydrogen-bond donors (Lipinski definition) is 1. The van der Waals surface area contributed by atoms with Gasteiger partial charge in [0.15, 0.2) is 0 Å². The van der Waals surface area contributed by atoms with Gasteiger partial charge in [-0.15, -0.1) is 0 Å². The Morgan fingerprint density at radius 3 is 2.59 bits per heavy atom. The smallest absolute Gasteiger partial charge is 0.0877 e. The lowest BCUT2D eigenvalue weighted by Gasteiger charge is -2.17. The van der Waals surface area contributed by atoms with Gasteiger partial charge >= 0.3 is 0 Å². The van der Waals surface area contributed by atoms with Crippen LogP contribution in [0.4, 0.5) is 11.4 Å². The Labute approximate surface area is 108 Å². The SMILES string of the molecule is CNC(C)C(C)=Nc1cc(Cl)ccc1N(C)C. The first kappa shape index (κ1) is 14.0. The maximum Gasteiger partial charge on any atom is 0.0877 e. The molecule has 0 bridgehead atoms. The first-order chi connectivity index (χ1) is 7.95. The van der Waals surface area contributed by atoms with Crippen molar-refractivity contribution < 1.29 is 0 Å². The fraction of sp³-hybridized carbons (Fsp3) is 0.462. The molecule has 0 amide bonds. The van der Waals surface area contributed by atoms with Gasteiger partial charge in [-0.1, -0.05) is 11.6 Å². The van der Waals surface area contributed by atoms with Crippen LogP contribution in [0.3, 0.4) is 0 Å². The van der Waals surface area contributed by atoms with Crippen LogP contribution in [-0.4, -0.2) is 32.9 Å². The fourth-order valence-electron chi connectivity index (χ4n) is 1.46. The molecule has 0 spiro atoms. The van der Waals surface area contributed by atoms with Gasteiger partial charge in [0.25, 0.3) is 0 Å². The molecule has 1 N–H and O–H groups in total. The molecule has 17 heavy (non-hydrogen) atoms. The van der Waals surface area contributed by atoms with Gasteiger partial charge in [-0.05, 0) is 39.1 Å². The zero-order valence-corrected chi connectivity index (χ0v) is 11.8. The quantitative estimate of drug-likeness (QED) is 0.835. The van der Waals surface area contributed by atoms with E-state index in [9.17, 15) is 0 Å². The van der Waals surface area contributed by atoms with E-state index in [0.29, 0.717) is 5.02 Å². The van der Waals surface area contributed by atoms with Gasteiger partial charge in [0.05, 0.1) is 11.4 Å². The van der Waals surface area contributed by atoms with E-state index in [2.05, 4.69) is 17.2 Å². The first-order valence-corrected chi connectivity index (χ1v) is 6.02. The number of nitrogens with zero attached hydrogens (tertiary/aromatic N) is 2. The molecule has 4 heteroatoms. The molecule has 1 aromatic rings. The third-order valence-corrected chi connectivity index (χ3v) is 3.01. The highest BCUT2D eigenvalue weighted by atomic mass is 35.5. The van der Waals surface area contributed by atoms with E-state index < -0.39 is 0 Å². The summed E-state index contributed by atoms with van der Waals surface area (Å²) in [5.74, 6) is 0. The Morgan fingerprint density at radius 1 is 1.41 bits per heavy atom. The molecule has 0 saturated carbocycles. The van der Waals surface area contributed by atoms with E-state index in [-0.39, 0.29) is 6.04 Å². The average Bonchev–Trinajstić information content (AvgIpc) is 2.27. The summed E-state index contributed by atoms with van der Waals surface area (Å²) < 4.78 is 0. The number of anilines is 1. The van der Waals surface area contributed by atoms with Gasteiger partial charge in [-0.2, -0.15) is 0 Å². The summed E-state index contributed by atoms with van der Waals surface area (Å²) in [5.41, 5.74) is 3.01. The van der Waals surface area contributed by atoms with Crippen LogP contribution >= 0.6 is 11.6 Å². The van der Waals surface area contributed by atoms with Crippen molar-refractivity contribution >= 4 is 28.7 Å². The third-order valence-electron chi connectivity index (χ3n) is 2.78. The molecular formula is C13H20ClN3. The second-order valence-electron chi connectivity index (χ2n) is 4.29. The zero-order chi connectivity index (χ0) is 13.0. The molecule has 0 aliphatic heterocycles. The van der Waals surface area contributed by atoms with Gasteiger partial charge in [0, 0.05) is 30.9 Å². The van der Waals surface area contributed by atoms with Crippen molar-refractivity contribution in [2.75, 3.05) is 26.0 Å². The molecule has 94 valence electrons. The van der Waals surface area contributed by atoms with Crippen molar-refractivity contribution in [3.8, 4) is 0 Å². The van der Waals surface area contributed by atoms with Gasteiger partial charge < -0.3 is 10.2 Å². The van der Waals surface area contributed by atoms with Crippen LogP contribution in [-0.2, 0) is 0 Å². The predicted molar refractivity (Wildman–Crippen MR) is 77.1 cm³/mol. The van der Waals surface area contributed by atoms with E-state index >= 15 is 0 Å². The molecule has 0 radical (unpaired) electrons. The van der Waals surface area contributed by atoms with E-state index in [0.717, 1.165) is 17.1 Å². The summed E-state index contributed by atoms with van der Waals surface area (Å²) in [6.07, 6.45) is 0. The Bertz CT molecular complexity index is 413. The summed E-state index contributed by atoms with van der Waals surface area (Å²) in [6.45, 7) is 4.10. The van der Waals surface area contributed by atoms with E-state index in [1.54, 1.807) is 0 Å². The average molecular weight is 254 g/mol. The van der Waals surface area contributed by atoms with Crippen LogP contribution in [0, 0.1) is 0 Å². The number of benzene rings is 1. The second kappa shape index (κ2) is 6.03. The highest BCUT2D eigenvalue weighted by Crippen LogP contribution is 2.30. The third kappa shape index (κ3) is 3.72. The van der Waals surface area contributed by atoms with Gasteiger partial charge in [-0.25, -0.2) is 0 Å². The Balaban J connectivity index is 3.16. The highest BCUT2D eigenvalue weighted by molar-refractivity contribution is 6.31. The molecule has 1 atom stereocenters. The van der Waals surface area contributed by atoms with Crippen LogP contribution in [0.5, 0.6) is 0 Å².